The largest absolute Gasteiger partial charge is 0.282 e. The van der Waals surface area contributed by atoms with Crippen LogP contribution in [0.15, 0.2) is 29.1 Å². The molecule has 4 nitrogen and oxygen atoms in total. The molecule has 0 radical (unpaired) electrons. The number of hydrogen-bond acceptors (Lipinski definition) is 3. The zero-order valence-electron chi connectivity index (χ0n) is 8.99. The minimum atomic E-state index is -0.500. The summed E-state index contributed by atoms with van der Waals surface area (Å²) in [5, 5.41) is 15.5. The van der Waals surface area contributed by atoms with Crippen LogP contribution in [0, 0.1) is 18.3 Å². The molecule has 0 aliphatic rings. The van der Waals surface area contributed by atoms with E-state index in [1.165, 1.54) is 6.07 Å². The Hall–Kier alpha value is -2.12. The van der Waals surface area contributed by atoms with E-state index >= 15 is 0 Å². The van der Waals surface area contributed by atoms with Gasteiger partial charge in [0.25, 0.3) is 5.56 Å². The lowest BCUT2D eigenvalue weighted by Crippen LogP contribution is -2.12. The Kier molecular flexibility index (Phi) is 2.94. The Morgan fingerprint density at radius 1 is 1.41 bits per heavy atom. The molecule has 1 heterocycles. The van der Waals surface area contributed by atoms with Crippen LogP contribution in [0.4, 0.5) is 0 Å². The molecule has 0 aliphatic heterocycles. The lowest BCUT2D eigenvalue weighted by molar-refractivity contribution is 0.987. The second kappa shape index (κ2) is 4.40. The first-order valence-corrected chi connectivity index (χ1v) is 5.26. The molecule has 1 aromatic carbocycles. The van der Waals surface area contributed by atoms with Gasteiger partial charge in [-0.25, -0.2) is 5.10 Å². The topological polar surface area (TPSA) is 69.5 Å². The molecule has 5 heteroatoms. The molecule has 2 aromatic rings. The van der Waals surface area contributed by atoms with E-state index in [0.29, 0.717) is 16.3 Å². The normalized spacial score (nSPS) is 9.94. The van der Waals surface area contributed by atoms with Crippen molar-refractivity contribution in [2.45, 2.75) is 6.92 Å². The van der Waals surface area contributed by atoms with Crippen molar-refractivity contribution in [3.63, 3.8) is 0 Å². The Balaban J connectivity index is 2.62. The van der Waals surface area contributed by atoms with Gasteiger partial charge in [-0.15, -0.1) is 0 Å². The highest BCUT2D eigenvalue weighted by Gasteiger charge is 2.08. The highest BCUT2D eigenvalue weighted by molar-refractivity contribution is 6.33. The van der Waals surface area contributed by atoms with Crippen molar-refractivity contribution in [3.8, 4) is 17.3 Å². The fraction of sp³-hybridized carbons (Fsp3) is 0.0833. The third kappa shape index (κ3) is 2.19. The molecular weight excluding hydrogens is 238 g/mol. The summed E-state index contributed by atoms with van der Waals surface area (Å²) in [7, 11) is 0. The zero-order chi connectivity index (χ0) is 12.4. The van der Waals surface area contributed by atoms with E-state index in [1.54, 1.807) is 12.1 Å². The molecule has 0 saturated heterocycles. The van der Waals surface area contributed by atoms with Gasteiger partial charge in [0, 0.05) is 5.56 Å². The maximum Gasteiger partial charge on any atom is 0.282 e. The Labute approximate surface area is 102 Å². The lowest BCUT2D eigenvalue weighted by Gasteiger charge is -2.04. The van der Waals surface area contributed by atoms with E-state index in [4.69, 9.17) is 16.9 Å². The smallest absolute Gasteiger partial charge is 0.267 e. The van der Waals surface area contributed by atoms with Crippen LogP contribution in [-0.4, -0.2) is 10.2 Å². The number of H-pyrrole nitrogens is 1. The first-order valence-electron chi connectivity index (χ1n) is 4.88. The van der Waals surface area contributed by atoms with Crippen LogP contribution in [0.3, 0.4) is 0 Å². The third-order valence-electron chi connectivity index (χ3n) is 2.32. The molecule has 0 aliphatic carbocycles. The van der Waals surface area contributed by atoms with E-state index in [0.717, 1.165) is 5.56 Å². The highest BCUT2D eigenvalue weighted by atomic mass is 35.5. The van der Waals surface area contributed by atoms with E-state index in [9.17, 15) is 4.79 Å². The first-order chi connectivity index (χ1) is 8.11. The molecule has 0 fully saturated rings. The number of aromatic nitrogens is 2. The molecule has 1 N–H and O–H groups in total. The molecule has 0 bridgehead atoms. The number of aromatic amines is 1. The van der Waals surface area contributed by atoms with Gasteiger partial charge in [0.1, 0.15) is 11.6 Å². The summed E-state index contributed by atoms with van der Waals surface area (Å²) in [5.74, 6) is 0. The van der Waals surface area contributed by atoms with E-state index < -0.39 is 5.56 Å². The minimum Gasteiger partial charge on any atom is -0.267 e. The van der Waals surface area contributed by atoms with Gasteiger partial charge in [-0.3, -0.25) is 4.79 Å². The molecule has 84 valence electrons. The Morgan fingerprint density at radius 3 is 2.82 bits per heavy atom. The summed E-state index contributed by atoms with van der Waals surface area (Å²) < 4.78 is 0. The van der Waals surface area contributed by atoms with Gasteiger partial charge in [-0.2, -0.15) is 10.4 Å². The van der Waals surface area contributed by atoms with Crippen LogP contribution in [0.1, 0.15) is 11.1 Å². The van der Waals surface area contributed by atoms with Gasteiger partial charge < -0.3 is 0 Å². The van der Waals surface area contributed by atoms with Crippen LogP contribution in [0.5, 0.6) is 0 Å². The molecule has 1 aromatic heterocycles. The van der Waals surface area contributed by atoms with Crippen molar-refractivity contribution in [3.05, 3.63) is 50.8 Å². The number of rotatable bonds is 1. The van der Waals surface area contributed by atoms with Crippen molar-refractivity contribution in [1.29, 1.82) is 5.26 Å². The fourth-order valence-corrected chi connectivity index (χ4v) is 1.79. The van der Waals surface area contributed by atoms with Crippen molar-refractivity contribution < 1.29 is 0 Å². The van der Waals surface area contributed by atoms with Crippen LogP contribution < -0.4 is 5.56 Å². The minimum absolute atomic E-state index is 0.0200. The molecular formula is C12H8ClN3O. The third-order valence-corrected chi connectivity index (χ3v) is 2.64. The predicted molar refractivity (Wildman–Crippen MR) is 64.8 cm³/mol. The lowest BCUT2D eigenvalue weighted by atomic mass is 10.1. The molecule has 17 heavy (non-hydrogen) atoms. The maximum absolute atomic E-state index is 11.2. The van der Waals surface area contributed by atoms with Crippen LogP contribution >= 0.6 is 11.6 Å². The average Bonchev–Trinajstić information content (AvgIpc) is 2.30. The number of halogens is 1. The van der Waals surface area contributed by atoms with Gasteiger partial charge in [-0.1, -0.05) is 23.7 Å². The van der Waals surface area contributed by atoms with Crippen molar-refractivity contribution in [1.82, 2.24) is 10.2 Å². The summed E-state index contributed by atoms with van der Waals surface area (Å²) in [6.07, 6.45) is 0. The van der Waals surface area contributed by atoms with Gasteiger partial charge in [0.15, 0.2) is 0 Å². The monoisotopic (exact) mass is 245 g/mol. The molecule has 0 amide bonds. The van der Waals surface area contributed by atoms with Crippen molar-refractivity contribution in [2.75, 3.05) is 0 Å². The van der Waals surface area contributed by atoms with Crippen LogP contribution in [0.25, 0.3) is 11.3 Å². The summed E-state index contributed by atoms with van der Waals surface area (Å²) in [6, 6.07) is 8.73. The Bertz CT molecular complexity index is 670. The van der Waals surface area contributed by atoms with Crippen molar-refractivity contribution in [2.24, 2.45) is 0 Å². The molecule has 0 unspecified atom stereocenters. The second-order valence-corrected chi connectivity index (χ2v) is 4.00. The van der Waals surface area contributed by atoms with Crippen LogP contribution in [0.2, 0.25) is 5.02 Å². The van der Waals surface area contributed by atoms with Crippen molar-refractivity contribution >= 4 is 11.6 Å². The van der Waals surface area contributed by atoms with Gasteiger partial charge >= 0.3 is 0 Å². The second-order valence-electron chi connectivity index (χ2n) is 3.59. The van der Waals surface area contributed by atoms with E-state index in [1.807, 2.05) is 19.1 Å². The van der Waals surface area contributed by atoms with Gasteiger partial charge in [0.05, 0.1) is 10.7 Å². The first kappa shape index (κ1) is 11.4. The summed E-state index contributed by atoms with van der Waals surface area (Å²) in [5.41, 5.74) is 1.71. The zero-order valence-corrected chi connectivity index (χ0v) is 9.75. The van der Waals surface area contributed by atoms with Crippen LogP contribution in [-0.2, 0) is 0 Å². The van der Waals surface area contributed by atoms with Gasteiger partial charge in [0.2, 0.25) is 0 Å². The maximum atomic E-state index is 11.2. The quantitative estimate of drug-likeness (QED) is 0.838. The number of hydrogen-bond donors (Lipinski definition) is 1. The predicted octanol–water partition coefficient (Wildman–Crippen LogP) is 2.27. The summed E-state index contributed by atoms with van der Waals surface area (Å²) in [6.45, 7) is 1.93. The fourth-order valence-electron chi connectivity index (χ4n) is 1.45. The number of nitriles is 1. The SMILES string of the molecule is Cc1ccc(-c2cc(C#N)c(=O)[nH]n2)c(Cl)c1. The summed E-state index contributed by atoms with van der Waals surface area (Å²) >= 11 is 6.08. The molecule has 2 rings (SSSR count). The number of nitrogens with zero attached hydrogens (tertiary/aromatic N) is 2. The van der Waals surface area contributed by atoms with E-state index in [-0.39, 0.29) is 5.56 Å². The Morgan fingerprint density at radius 2 is 2.18 bits per heavy atom. The number of nitrogens with one attached hydrogen (secondary N) is 1. The number of aryl methyl sites for hydroxylation is 1. The standard InChI is InChI=1S/C12H8ClN3O/c1-7-2-3-9(10(13)4-7)11-5-8(6-14)12(17)16-15-11/h2-5H,1H3,(H,16,17). The molecule has 0 saturated carbocycles. The summed E-state index contributed by atoms with van der Waals surface area (Å²) in [4.78, 5) is 11.2. The average molecular weight is 246 g/mol. The van der Waals surface area contributed by atoms with Gasteiger partial charge in [-0.05, 0) is 24.6 Å². The molecule has 0 spiro atoms. The highest BCUT2D eigenvalue weighted by Crippen LogP contribution is 2.26. The number of benzene rings is 1. The molecule has 0 atom stereocenters. The van der Waals surface area contributed by atoms with E-state index in [2.05, 4.69) is 10.2 Å².